The van der Waals surface area contributed by atoms with Crippen LogP contribution >= 0.6 is 15.9 Å². The van der Waals surface area contributed by atoms with Crippen molar-refractivity contribution in [3.05, 3.63) is 28.2 Å². The second kappa shape index (κ2) is 6.52. The maximum absolute atomic E-state index is 12.1. The van der Waals surface area contributed by atoms with Gasteiger partial charge in [-0.1, -0.05) is 6.07 Å². The molecule has 0 unspecified atom stereocenters. The lowest BCUT2D eigenvalue weighted by Crippen LogP contribution is -2.34. The molecule has 0 saturated carbocycles. The van der Waals surface area contributed by atoms with Crippen molar-refractivity contribution in [1.82, 2.24) is 9.03 Å². The number of hydrogen-bond acceptors (Lipinski definition) is 4. The van der Waals surface area contributed by atoms with Crippen LogP contribution in [0.15, 0.2) is 27.6 Å². The minimum atomic E-state index is -3.74. The minimum Gasteiger partial charge on any atom is -0.212 e. The summed E-state index contributed by atoms with van der Waals surface area (Å²) in [5.74, 6) is -0.289. The summed E-state index contributed by atoms with van der Waals surface area (Å²) in [5, 5.41) is 0. The molecule has 1 rings (SSSR count). The van der Waals surface area contributed by atoms with Gasteiger partial charge in [-0.25, -0.2) is 25.9 Å². The fourth-order valence-electron chi connectivity index (χ4n) is 1.39. The molecular formula is C11H17BrN2O4S2. The SMILES string of the molecule is Cc1ccc(S(=O)(=O)NCCS(=O)(=O)N(C)C)c(Br)c1. The van der Waals surface area contributed by atoms with E-state index in [0.717, 1.165) is 9.87 Å². The standard InChI is InChI=1S/C11H17BrN2O4S2/c1-9-4-5-11(10(12)8-9)20(17,18)13-6-7-19(15,16)14(2)3/h4-5,8,13H,6-7H2,1-3H3. The normalized spacial score (nSPS) is 12.8. The molecule has 0 aliphatic carbocycles. The van der Waals surface area contributed by atoms with E-state index in [1.54, 1.807) is 12.1 Å². The summed E-state index contributed by atoms with van der Waals surface area (Å²) >= 11 is 3.19. The van der Waals surface area contributed by atoms with Crippen LogP contribution in [-0.2, 0) is 20.0 Å². The summed E-state index contributed by atoms with van der Waals surface area (Å²) in [5.41, 5.74) is 0.922. The summed E-state index contributed by atoms with van der Waals surface area (Å²) in [6.45, 7) is 1.67. The van der Waals surface area contributed by atoms with E-state index in [1.165, 1.54) is 20.2 Å². The molecule has 6 nitrogen and oxygen atoms in total. The second-order valence-electron chi connectivity index (χ2n) is 4.43. The van der Waals surface area contributed by atoms with Crippen LogP contribution in [0.1, 0.15) is 5.56 Å². The molecule has 0 amide bonds. The van der Waals surface area contributed by atoms with Crippen molar-refractivity contribution in [2.24, 2.45) is 0 Å². The maximum atomic E-state index is 12.1. The number of sulfonamides is 2. The van der Waals surface area contributed by atoms with Gasteiger partial charge in [0, 0.05) is 25.1 Å². The first-order chi connectivity index (χ1) is 9.06. The Morgan fingerprint density at radius 3 is 2.30 bits per heavy atom. The van der Waals surface area contributed by atoms with Gasteiger partial charge < -0.3 is 0 Å². The first-order valence-corrected chi connectivity index (χ1v) is 9.61. The Balaban J connectivity index is 2.82. The van der Waals surface area contributed by atoms with Gasteiger partial charge in [-0.3, -0.25) is 0 Å². The lowest BCUT2D eigenvalue weighted by Gasteiger charge is -2.12. The third-order valence-corrected chi connectivity index (χ3v) is 6.86. The molecule has 9 heteroatoms. The lowest BCUT2D eigenvalue weighted by atomic mass is 10.2. The van der Waals surface area contributed by atoms with E-state index in [2.05, 4.69) is 20.7 Å². The molecular weight excluding hydrogens is 368 g/mol. The largest absolute Gasteiger partial charge is 0.241 e. The van der Waals surface area contributed by atoms with E-state index in [4.69, 9.17) is 0 Å². The predicted molar refractivity (Wildman–Crippen MR) is 81.5 cm³/mol. The summed E-state index contributed by atoms with van der Waals surface area (Å²) < 4.78 is 51.0. The number of halogens is 1. The summed E-state index contributed by atoms with van der Waals surface area (Å²) in [4.78, 5) is 0.0883. The van der Waals surface area contributed by atoms with Gasteiger partial charge in [0.25, 0.3) is 0 Å². The highest BCUT2D eigenvalue weighted by molar-refractivity contribution is 9.10. The quantitative estimate of drug-likeness (QED) is 0.790. The van der Waals surface area contributed by atoms with Gasteiger partial charge in [-0.05, 0) is 40.5 Å². The van der Waals surface area contributed by atoms with Crippen LogP contribution in [0.25, 0.3) is 0 Å². The zero-order valence-electron chi connectivity index (χ0n) is 11.4. The Morgan fingerprint density at radius 1 is 1.20 bits per heavy atom. The molecule has 0 aliphatic heterocycles. The highest BCUT2D eigenvalue weighted by Gasteiger charge is 2.19. The second-order valence-corrected chi connectivity index (χ2v) is 9.32. The van der Waals surface area contributed by atoms with Crippen LogP contribution in [-0.4, -0.2) is 47.5 Å². The monoisotopic (exact) mass is 384 g/mol. The highest BCUT2D eigenvalue weighted by atomic mass is 79.9. The van der Waals surface area contributed by atoms with Gasteiger partial charge in [-0.2, -0.15) is 0 Å². The van der Waals surface area contributed by atoms with Crippen molar-refractivity contribution in [3.63, 3.8) is 0 Å². The Bertz CT molecular complexity index is 684. The molecule has 114 valence electrons. The third-order valence-electron chi connectivity index (χ3n) is 2.59. The smallest absolute Gasteiger partial charge is 0.212 e. The van der Waals surface area contributed by atoms with Gasteiger partial charge in [0.05, 0.1) is 10.6 Å². The lowest BCUT2D eigenvalue weighted by molar-refractivity contribution is 0.519. The van der Waals surface area contributed by atoms with Crippen LogP contribution < -0.4 is 4.72 Å². The summed E-state index contributed by atoms with van der Waals surface area (Å²) in [7, 11) is -4.35. The fraction of sp³-hybridized carbons (Fsp3) is 0.455. The van der Waals surface area contributed by atoms with Crippen molar-refractivity contribution < 1.29 is 16.8 Å². The van der Waals surface area contributed by atoms with Crippen molar-refractivity contribution >= 4 is 36.0 Å². The average Bonchev–Trinajstić information content (AvgIpc) is 2.27. The Kier molecular flexibility index (Phi) is 5.73. The molecule has 1 aromatic carbocycles. The first-order valence-electron chi connectivity index (χ1n) is 5.72. The van der Waals surface area contributed by atoms with Gasteiger partial charge in [0.1, 0.15) is 0 Å². The fourth-order valence-corrected chi connectivity index (χ4v) is 4.47. The maximum Gasteiger partial charge on any atom is 0.241 e. The molecule has 0 bridgehead atoms. The summed E-state index contributed by atoms with van der Waals surface area (Å²) in [6.07, 6.45) is 0. The van der Waals surface area contributed by atoms with E-state index in [-0.39, 0.29) is 17.2 Å². The van der Waals surface area contributed by atoms with E-state index in [9.17, 15) is 16.8 Å². The molecule has 0 heterocycles. The Labute approximate surface area is 128 Å². The van der Waals surface area contributed by atoms with Crippen molar-refractivity contribution in [3.8, 4) is 0 Å². The van der Waals surface area contributed by atoms with Crippen LogP contribution in [0.4, 0.5) is 0 Å². The molecule has 20 heavy (non-hydrogen) atoms. The number of nitrogens with one attached hydrogen (secondary N) is 1. The van der Waals surface area contributed by atoms with E-state index < -0.39 is 20.0 Å². The van der Waals surface area contributed by atoms with Crippen LogP contribution in [0.5, 0.6) is 0 Å². The summed E-state index contributed by atoms with van der Waals surface area (Å²) in [6, 6.07) is 4.84. The zero-order valence-corrected chi connectivity index (χ0v) is 14.6. The molecule has 1 aromatic rings. The predicted octanol–water partition coefficient (Wildman–Crippen LogP) is 0.927. The molecule has 0 radical (unpaired) electrons. The first kappa shape index (κ1) is 17.6. The van der Waals surface area contributed by atoms with Gasteiger partial charge in [-0.15, -0.1) is 0 Å². The number of hydrogen-bond donors (Lipinski definition) is 1. The van der Waals surface area contributed by atoms with E-state index in [1.807, 2.05) is 6.92 Å². The molecule has 0 aromatic heterocycles. The van der Waals surface area contributed by atoms with E-state index >= 15 is 0 Å². The number of benzene rings is 1. The number of rotatable bonds is 6. The van der Waals surface area contributed by atoms with Crippen molar-refractivity contribution in [1.29, 1.82) is 0 Å². The van der Waals surface area contributed by atoms with Crippen LogP contribution in [0.2, 0.25) is 0 Å². The molecule has 0 spiro atoms. The molecule has 0 atom stereocenters. The van der Waals surface area contributed by atoms with Crippen LogP contribution in [0.3, 0.4) is 0 Å². The number of aryl methyl sites for hydroxylation is 1. The Morgan fingerprint density at radius 2 is 1.80 bits per heavy atom. The molecule has 0 aliphatic rings. The minimum absolute atomic E-state index is 0.0883. The molecule has 0 saturated heterocycles. The van der Waals surface area contributed by atoms with Crippen LogP contribution in [0, 0.1) is 6.92 Å². The van der Waals surface area contributed by atoms with Gasteiger partial charge in [0.2, 0.25) is 20.0 Å². The third kappa shape index (κ3) is 4.52. The number of nitrogens with zero attached hydrogens (tertiary/aromatic N) is 1. The van der Waals surface area contributed by atoms with Crippen molar-refractivity contribution in [2.45, 2.75) is 11.8 Å². The van der Waals surface area contributed by atoms with Gasteiger partial charge >= 0.3 is 0 Å². The molecule has 1 N–H and O–H groups in total. The Hall–Kier alpha value is -0.480. The topological polar surface area (TPSA) is 83.5 Å². The van der Waals surface area contributed by atoms with Gasteiger partial charge in [0.15, 0.2) is 0 Å². The molecule has 0 fully saturated rings. The zero-order chi connectivity index (χ0) is 15.6. The van der Waals surface area contributed by atoms with E-state index in [0.29, 0.717) is 4.47 Å². The average molecular weight is 385 g/mol. The highest BCUT2D eigenvalue weighted by Crippen LogP contribution is 2.22. The van der Waals surface area contributed by atoms with Crippen molar-refractivity contribution in [2.75, 3.05) is 26.4 Å².